The molecule has 34 heavy (non-hydrogen) atoms. The number of amides is 1. The number of alkyl carbamates (subject to hydrolysis) is 1. The molecule has 2 aromatic heterocycles. The number of fused-ring (bicyclic) bond motifs is 1. The first-order chi connectivity index (χ1) is 16.1. The van der Waals surface area contributed by atoms with Crippen molar-refractivity contribution in [3.8, 4) is 17.3 Å². The standard InChI is InChI=1S/C24H28BrFN6O2/c1-6-32(11-7-10-28-23(33)34-24(2,3)4)22-21-17(14-29-31(21)5)19(25)20(30-22)15-8-9-16(13-27)18(26)12-15/h8-9,12,14H,6-7,10-11H2,1-5H3,(H,28,33). The van der Waals surface area contributed by atoms with Crippen molar-refractivity contribution in [2.75, 3.05) is 24.5 Å². The zero-order chi connectivity index (χ0) is 25.0. The molecule has 10 heteroatoms. The Bertz CT molecular complexity index is 1240. The Morgan fingerprint density at radius 1 is 1.38 bits per heavy atom. The number of nitrogens with one attached hydrogen (secondary N) is 1. The molecule has 0 fully saturated rings. The molecule has 0 bridgehead atoms. The maximum atomic E-state index is 14.3. The number of pyridine rings is 1. The second kappa shape index (κ2) is 10.4. The van der Waals surface area contributed by atoms with Crippen LogP contribution >= 0.6 is 15.9 Å². The van der Waals surface area contributed by atoms with Gasteiger partial charge in [-0.25, -0.2) is 14.2 Å². The third-order valence-corrected chi connectivity index (χ3v) is 5.93. The van der Waals surface area contributed by atoms with Crippen molar-refractivity contribution in [1.29, 1.82) is 5.26 Å². The lowest BCUT2D eigenvalue weighted by molar-refractivity contribution is 0.0527. The van der Waals surface area contributed by atoms with E-state index < -0.39 is 17.5 Å². The molecule has 8 nitrogen and oxygen atoms in total. The summed E-state index contributed by atoms with van der Waals surface area (Å²) in [5.41, 5.74) is 1.39. The summed E-state index contributed by atoms with van der Waals surface area (Å²) in [6, 6.07) is 6.29. The number of ether oxygens (including phenoxy) is 1. The van der Waals surface area contributed by atoms with Crippen LogP contribution in [0.5, 0.6) is 0 Å². The summed E-state index contributed by atoms with van der Waals surface area (Å²) >= 11 is 3.62. The van der Waals surface area contributed by atoms with E-state index in [0.29, 0.717) is 47.6 Å². The minimum Gasteiger partial charge on any atom is -0.444 e. The summed E-state index contributed by atoms with van der Waals surface area (Å²) in [4.78, 5) is 18.9. The lowest BCUT2D eigenvalue weighted by Gasteiger charge is -2.25. The number of benzene rings is 1. The summed E-state index contributed by atoms with van der Waals surface area (Å²) in [6.45, 7) is 9.23. The second-order valence-corrected chi connectivity index (χ2v) is 9.59. The largest absolute Gasteiger partial charge is 0.444 e. The molecule has 0 spiro atoms. The molecule has 180 valence electrons. The van der Waals surface area contributed by atoms with Crippen molar-refractivity contribution >= 4 is 38.7 Å². The van der Waals surface area contributed by atoms with Crippen LogP contribution in [0.3, 0.4) is 0 Å². The van der Waals surface area contributed by atoms with Crippen LogP contribution in [-0.4, -0.2) is 46.1 Å². The SMILES string of the molecule is CCN(CCCNC(=O)OC(C)(C)C)c1nc(-c2ccc(C#N)c(F)c2)c(Br)c2cnn(C)c12. The summed E-state index contributed by atoms with van der Waals surface area (Å²) in [6.07, 6.45) is 1.97. The highest BCUT2D eigenvalue weighted by atomic mass is 79.9. The molecule has 3 aromatic rings. The van der Waals surface area contributed by atoms with E-state index in [-0.39, 0.29) is 5.56 Å². The predicted molar refractivity (Wildman–Crippen MR) is 133 cm³/mol. The van der Waals surface area contributed by atoms with E-state index in [1.807, 2.05) is 40.8 Å². The van der Waals surface area contributed by atoms with Gasteiger partial charge in [-0.05, 0) is 62.2 Å². The van der Waals surface area contributed by atoms with Gasteiger partial charge in [-0.2, -0.15) is 10.4 Å². The third kappa shape index (κ3) is 5.65. The number of carbonyl (C=O) groups is 1. The van der Waals surface area contributed by atoms with E-state index in [2.05, 4.69) is 31.2 Å². The lowest BCUT2D eigenvalue weighted by atomic mass is 10.1. The van der Waals surface area contributed by atoms with Gasteiger partial charge in [0.25, 0.3) is 0 Å². The first-order valence-electron chi connectivity index (χ1n) is 11.0. The normalized spacial score (nSPS) is 11.4. The molecule has 0 saturated carbocycles. The maximum absolute atomic E-state index is 14.3. The molecule has 2 heterocycles. The van der Waals surface area contributed by atoms with Crippen molar-refractivity contribution < 1.29 is 13.9 Å². The predicted octanol–water partition coefficient (Wildman–Crippen LogP) is 5.15. The van der Waals surface area contributed by atoms with Crippen molar-refractivity contribution in [1.82, 2.24) is 20.1 Å². The number of hydrogen-bond donors (Lipinski definition) is 1. The number of hydrogen-bond acceptors (Lipinski definition) is 6. The Labute approximate surface area is 206 Å². The van der Waals surface area contributed by atoms with E-state index >= 15 is 0 Å². The van der Waals surface area contributed by atoms with Gasteiger partial charge in [0.2, 0.25) is 0 Å². The van der Waals surface area contributed by atoms with Crippen LogP contribution < -0.4 is 10.2 Å². The molecule has 0 saturated heterocycles. The van der Waals surface area contributed by atoms with Crippen molar-refractivity contribution in [2.24, 2.45) is 7.05 Å². The number of anilines is 1. The average Bonchev–Trinajstić information content (AvgIpc) is 3.15. The molecule has 0 atom stereocenters. The van der Waals surface area contributed by atoms with Gasteiger partial charge in [0.15, 0.2) is 5.82 Å². The minimum absolute atomic E-state index is 0.0183. The molecule has 3 rings (SSSR count). The third-order valence-electron chi connectivity index (χ3n) is 5.13. The van der Waals surface area contributed by atoms with E-state index in [0.717, 1.165) is 10.9 Å². The van der Waals surface area contributed by atoms with E-state index in [9.17, 15) is 9.18 Å². The van der Waals surface area contributed by atoms with Gasteiger partial charge in [0.05, 0.1) is 21.9 Å². The fourth-order valence-electron chi connectivity index (χ4n) is 3.55. The van der Waals surface area contributed by atoms with E-state index in [4.69, 9.17) is 15.0 Å². The van der Waals surface area contributed by atoms with Gasteiger partial charge in [0, 0.05) is 37.6 Å². The number of aromatic nitrogens is 3. The molecule has 0 aliphatic carbocycles. The molecule has 0 radical (unpaired) electrons. The maximum Gasteiger partial charge on any atom is 0.407 e. The van der Waals surface area contributed by atoms with Gasteiger partial charge < -0.3 is 15.0 Å². The molecular formula is C24H28BrFN6O2. The summed E-state index contributed by atoms with van der Waals surface area (Å²) < 4.78 is 22.1. The van der Waals surface area contributed by atoms with Crippen molar-refractivity contribution in [2.45, 2.75) is 39.7 Å². The lowest BCUT2D eigenvalue weighted by Crippen LogP contribution is -2.34. The quantitative estimate of drug-likeness (QED) is 0.424. The Morgan fingerprint density at radius 2 is 2.12 bits per heavy atom. The van der Waals surface area contributed by atoms with Gasteiger partial charge in [-0.15, -0.1) is 0 Å². The Kier molecular flexibility index (Phi) is 7.77. The van der Waals surface area contributed by atoms with Crippen LogP contribution in [0.25, 0.3) is 22.2 Å². The van der Waals surface area contributed by atoms with Crippen LogP contribution in [0.1, 0.15) is 39.7 Å². The van der Waals surface area contributed by atoms with Crippen LogP contribution in [0, 0.1) is 17.1 Å². The molecule has 1 amide bonds. The number of carbonyl (C=O) groups excluding carboxylic acids is 1. The van der Waals surface area contributed by atoms with E-state index in [1.54, 1.807) is 16.9 Å². The average molecular weight is 531 g/mol. The number of halogens is 2. The minimum atomic E-state index is -0.595. The van der Waals surface area contributed by atoms with Crippen LogP contribution in [0.2, 0.25) is 0 Å². The van der Waals surface area contributed by atoms with E-state index in [1.165, 1.54) is 12.1 Å². The highest BCUT2D eigenvalue weighted by Crippen LogP contribution is 2.38. The number of nitriles is 1. The summed E-state index contributed by atoms with van der Waals surface area (Å²) in [5, 5.41) is 17.1. The highest BCUT2D eigenvalue weighted by Gasteiger charge is 2.21. The molecule has 1 N–H and O–H groups in total. The zero-order valence-corrected chi connectivity index (χ0v) is 21.5. The number of aryl methyl sites for hydroxylation is 1. The van der Waals surface area contributed by atoms with Gasteiger partial charge in [-0.1, -0.05) is 6.07 Å². The summed E-state index contributed by atoms with van der Waals surface area (Å²) in [7, 11) is 1.85. The fraction of sp³-hybridized carbons (Fsp3) is 0.417. The second-order valence-electron chi connectivity index (χ2n) is 8.80. The van der Waals surface area contributed by atoms with Crippen molar-refractivity contribution in [3.63, 3.8) is 0 Å². The molecule has 0 aliphatic rings. The highest BCUT2D eigenvalue weighted by molar-refractivity contribution is 9.10. The molecule has 0 unspecified atom stereocenters. The van der Waals surface area contributed by atoms with Crippen LogP contribution in [0.4, 0.5) is 15.0 Å². The molecular weight excluding hydrogens is 503 g/mol. The first kappa shape index (κ1) is 25.4. The van der Waals surface area contributed by atoms with Gasteiger partial charge >= 0.3 is 6.09 Å². The molecule has 0 aliphatic heterocycles. The zero-order valence-electron chi connectivity index (χ0n) is 19.9. The van der Waals surface area contributed by atoms with Gasteiger partial charge in [0.1, 0.15) is 23.0 Å². The number of rotatable bonds is 7. The summed E-state index contributed by atoms with van der Waals surface area (Å²) in [5.74, 6) is 0.111. The van der Waals surface area contributed by atoms with Crippen molar-refractivity contribution in [3.05, 3.63) is 40.2 Å². The van der Waals surface area contributed by atoms with Gasteiger partial charge in [-0.3, -0.25) is 4.68 Å². The fourth-order valence-corrected chi connectivity index (χ4v) is 4.16. The Balaban J connectivity index is 1.90. The first-order valence-corrected chi connectivity index (χ1v) is 11.8. The van der Waals surface area contributed by atoms with Crippen LogP contribution in [0.15, 0.2) is 28.9 Å². The number of nitrogens with zero attached hydrogens (tertiary/aromatic N) is 5. The monoisotopic (exact) mass is 530 g/mol. The Morgan fingerprint density at radius 3 is 2.74 bits per heavy atom. The van der Waals surface area contributed by atoms with Crippen LogP contribution in [-0.2, 0) is 11.8 Å². The molecule has 1 aromatic carbocycles. The Hall–Kier alpha value is -3.19. The smallest absolute Gasteiger partial charge is 0.407 e. The topological polar surface area (TPSA) is 96.1 Å².